The van der Waals surface area contributed by atoms with Gasteiger partial charge in [-0.2, -0.15) is 5.26 Å². The van der Waals surface area contributed by atoms with E-state index >= 15 is 0 Å². The van der Waals surface area contributed by atoms with E-state index in [-0.39, 0.29) is 18.0 Å². The molecule has 4 rings (SSSR count). The molecule has 0 spiro atoms. The normalized spacial score (nSPS) is 21.6. The van der Waals surface area contributed by atoms with Crippen LogP contribution in [0.2, 0.25) is 0 Å². The smallest absolute Gasteiger partial charge is 0.226 e. The molecule has 2 unspecified atom stereocenters. The Balaban J connectivity index is 1.54. The van der Waals surface area contributed by atoms with Gasteiger partial charge in [0.25, 0.3) is 0 Å². The zero-order valence-electron chi connectivity index (χ0n) is 18.2. The summed E-state index contributed by atoms with van der Waals surface area (Å²) >= 11 is 0. The van der Waals surface area contributed by atoms with Gasteiger partial charge < -0.3 is 15.0 Å². The van der Waals surface area contributed by atoms with Gasteiger partial charge in [-0.25, -0.2) is 0 Å². The lowest BCUT2D eigenvalue weighted by Crippen LogP contribution is -2.41. The van der Waals surface area contributed by atoms with Crippen LogP contribution in [0.1, 0.15) is 61.3 Å². The molecule has 31 heavy (non-hydrogen) atoms. The van der Waals surface area contributed by atoms with Gasteiger partial charge >= 0.3 is 0 Å². The predicted molar refractivity (Wildman–Crippen MR) is 120 cm³/mol. The summed E-state index contributed by atoms with van der Waals surface area (Å²) < 4.78 is 5.50. The number of nitriles is 1. The van der Waals surface area contributed by atoms with Gasteiger partial charge in [0.05, 0.1) is 24.8 Å². The highest BCUT2D eigenvalue weighted by atomic mass is 16.5. The van der Waals surface area contributed by atoms with Gasteiger partial charge in [0.15, 0.2) is 0 Å². The van der Waals surface area contributed by atoms with Crippen molar-refractivity contribution >= 4 is 5.91 Å². The largest absolute Gasteiger partial charge is 0.496 e. The van der Waals surface area contributed by atoms with Crippen molar-refractivity contribution in [3.05, 3.63) is 65.2 Å². The molecule has 0 bridgehead atoms. The van der Waals surface area contributed by atoms with Crippen molar-refractivity contribution in [2.24, 2.45) is 5.92 Å². The highest BCUT2D eigenvalue weighted by Crippen LogP contribution is 2.36. The van der Waals surface area contributed by atoms with Crippen molar-refractivity contribution in [3.8, 4) is 11.8 Å². The van der Waals surface area contributed by atoms with E-state index in [0.29, 0.717) is 18.0 Å². The van der Waals surface area contributed by atoms with Crippen molar-refractivity contribution in [1.82, 2.24) is 10.2 Å². The number of rotatable bonds is 6. The maximum absolute atomic E-state index is 13.4. The quantitative estimate of drug-likeness (QED) is 0.747. The number of carbonyl (C=O) groups excluding carboxylic acids is 1. The van der Waals surface area contributed by atoms with Crippen LogP contribution < -0.4 is 10.1 Å². The molecule has 0 aromatic heterocycles. The van der Waals surface area contributed by atoms with E-state index in [1.807, 2.05) is 30.3 Å². The molecule has 1 aliphatic carbocycles. The van der Waals surface area contributed by atoms with Gasteiger partial charge in [0, 0.05) is 30.6 Å². The third kappa shape index (κ3) is 4.75. The first-order chi connectivity index (χ1) is 15.2. The minimum Gasteiger partial charge on any atom is -0.496 e. The number of ether oxygens (including phenoxy) is 1. The van der Waals surface area contributed by atoms with Crippen molar-refractivity contribution in [3.63, 3.8) is 0 Å². The van der Waals surface area contributed by atoms with Crippen molar-refractivity contribution in [1.29, 1.82) is 5.26 Å². The predicted octanol–water partition coefficient (Wildman–Crippen LogP) is 4.58. The fourth-order valence-corrected chi connectivity index (χ4v) is 5.13. The number of hydrogen-bond acceptors (Lipinski definition) is 4. The highest BCUT2D eigenvalue weighted by molar-refractivity contribution is 5.80. The Hall–Kier alpha value is -2.84. The van der Waals surface area contributed by atoms with Gasteiger partial charge in [0.2, 0.25) is 5.91 Å². The maximum Gasteiger partial charge on any atom is 0.226 e. The van der Waals surface area contributed by atoms with Crippen LogP contribution in [-0.2, 0) is 11.3 Å². The Labute approximate surface area is 185 Å². The van der Waals surface area contributed by atoms with Gasteiger partial charge in [-0.1, -0.05) is 49.6 Å². The number of likely N-dealkylation sites (tertiary alicyclic amines) is 1. The van der Waals surface area contributed by atoms with E-state index < -0.39 is 0 Å². The standard InChI is InChI=1S/C26H31N3O2/c1-31-24-13-12-19(17-27)16-22(24)18-28-23-14-15-29(25(23)20-8-4-2-5-9-20)26(30)21-10-6-3-7-11-21/h2,4-5,8-9,12-13,16,21,23,25,28H,3,6-7,10-11,14-15,18H2,1H3. The van der Waals surface area contributed by atoms with Crippen LogP contribution in [0.25, 0.3) is 0 Å². The summed E-state index contributed by atoms with van der Waals surface area (Å²) in [6.45, 7) is 1.38. The first-order valence-electron chi connectivity index (χ1n) is 11.4. The zero-order valence-corrected chi connectivity index (χ0v) is 18.2. The van der Waals surface area contributed by atoms with E-state index in [1.165, 1.54) is 12.0 Å². The van der Waals surface area contributed by atoms with Gasteiger partial charge in [0.1, 0.15) is 5.75 Å². The van der Waals surface area contributed by atoms with Gasteiger partial charge in [-0.3, -0.25) is 4.79 Å². The van der Waals surface area contributed by atoms with E-state index in [2.05, 4.69) is 28.4 Å². The van der Waals surface area contributed by atoms with Gasteiger partial charge in [-0.05, 0) is 43.0 Å². The summed E-state index contributed by atoms with van der Waals surface area (Å²) in [5.74, 6) is 1.27. The van der Waals surface area contributed by atoms with Crippen molar-refractivity contribution < 1.29 is 9.53 Å². The molecule has 1 amide bonds. The Bertz CT molecular complexity index is 931. The number of amides is 1. The van der Waals surface area contributed by atoms with Crippen LogP contribution in [0, 0.1) is 17.2 Å². The Morgan fingerprint density at radius 2 is 1.90 bits per heavy atom. The molecule has 5 nitrogen and oxygen atoms in total. The molecule has 0 radical (unpaired) electrons. The molecule has 2 aromatic carbocycles. The van der Waals surface area contributed by atoms with E-state index in [4.69, 9.17) is 4.74 Å². The number of benzene rings is 2. The summed E-state index contributed by atoms with van der Waals surface area (Å²) in [7, 11) is 1.65. The lowest BCUT2D eigenvalue weighted by atomic mass is 9.87. The van der Waals surface area contributed by atoms with Crippen molar-refractivity contribution in [2.45, 2.75) is 57.2 Å². The summed E-state index contributed by atoms with van der Waals surface area (Å²) in [6, 6.07) is 18.3. The third-order valence-corrected chi connectivity index (χ3v) is 6.74. The molecular formula is C26H31N3O2. The molecule has 2 aliphatic rings. The fourth-order valence-electron chi connectivity index (χ4n) is 5.13. The summed E-state index contributed by atoms with van der Waals surface area (Å²) in [4.78, 5) is 15.5. The molecule has 2 fully saturated rings. The molecule has 1 saturated heterocycles. The second-order valence-electron chi connectivity index (χ2n) is 8.64. The monoisotopic (exact) mass is 417 g/mol. The lowest BCUT2D eigenvalue weighted by molar-refractivity contribution is -0.137. The van der Waals surface area contributed by atoms with Crippen molar-refractivity contribution in [2.75, 3.05) is 13.7 Å². The fraction of sp³-hybridized carbons (Fsp3) is 0.462. The minimum absolute atomic E-state index is 0.0285. The molecule has 5 heteroatoms. The Morgan fingerprint density at radius 1 is 1.13 bits per heavy atom. The van der Waals surface area contributed by atoms with Crippen LogP contribution in [0.15, 0.2) is 48.5 Å². The van der Waals surface area contributed by atoms with Crippen LogP contribution in [0.3, 0.4) is 0 Å². The SMILES string of the molecule is COc1ccc(C#N)cc1CNC1CCN(C(=O)C2CCCCC2)C1c1ccccc1. The number of hydrogen-bond donors (Lipinski definition) is 1. The average Bonchev–Trinajstić information content (AvgIpc) is 3.27. The topological polar surface area (TPSA) is 65.4 Å². The number of nitrogens with zero attached hydrogens (tertiary/aromatic N) is 2. The van der Waals surface area contributed by atoms with Crippen LogP contribution >= 0.6 is 0 Å². The number of carbonyl (C=O) groups is 1. The molecular weight excluding hydrogens is 386 g/mol. The molecule has 1 saturated carbocycles. The molecule has 2 atom stereocenters. The minimum atomic E-state index is 0.0285. The Morgan fingerprint density at radius 3 is 2.61 bits per heavy atom. The van der Waals surface area contributed by atoms with Crippen LogP contribution in [0.5, 0.6) is 5.75 Å². The van der Waals surface area contributed by atoms with E-state index in [1.54, 1.807) is 13.2 Å². The summed E-state index contributed by atoms with van der Waals surface area (Å²) in [6.07, 6.45) is 6.53. The lowest BCUT2D eigenvalue weighted by Gasteiger charge is -2.33. The van der Waals surface area contributed by atoms with E-state index in [0.717, 1.165) is 50.0 Å². The average molecular weight is 418 g/mol. The third-order valence-electron chi connectivity index (χ3n) is 6.74. The first kappa shape index (κ1) is 21.4. The molecule has 1 heterocycles. The second-order valence-corrected chi connectivity index (χ2v) is 8.64. The number of nitrogens with one attached hydrogen (secondary N) is 1. The zero-order chi connectivity index (χ0) is 21.6. The maximum atomic E-state index is 13.4. The molecule has 1 aliphatic heterocycles. The van der Waals surface area contributed by atoms with Crippen LogP contribution in [0.4, 0.5) is 0 Å². The molecule has 2 aromatic rings. The molecule has 162 valence electrons. The first-order valence-corrected chi connectivity index (χ1v) is 11.4. The Kier molecular flexibility index (Phi) is 6.89. The van der Waals surface area contributed by atoms with E-state index in [9.17, 15) is 10.1 Å². The highest BCUT2D eigenvalue weighted by Gasteiger charge is 2.40. The number of methoxy groups -OCH3 is 1. The summed E-state index contributed by atoms with van der Waals surface area (Å²) in [5.41, 5.74) is 2.77. The van der Waals surface area contributed by atoms with Gasteiger partial charge in [-0.15, -0.1) is 0 Å². The van der Waals surface area contributed by atoms with Crippen LogP contribution in [-0.4, -0.2) is 30.5 Å². The summed E-state index contributed by atoms with van der Waals surface area (Å²) in [5, 5.41) is 12.9. The second kappa shape index (κ2) is 9.98. The molecule has 1 N–H and O–H groups in total.